The van der Waals surface area contributed by atoms with Gasteiger partial charge in [-0.1, -0.05) is 32.3 Å². The first-order valence-corrected chi connectivity index (χ1v) is 7.02. The Labute approximate surface area is 114 Å². The van der Waals surface area contributed by atoms with Crippen LogP contribution in [0.4, 0.5) is 0 Å². The van der Waals surface area contributed by atoms with Gasteiger partial charge in [-0.15, -0.1) is 6.58 Å². The first-order valence-electron chi connectivity index (χ1n) is 6.62. The molecule has 2 N–H and O–H groups in total. The van der Waals surface area contributed by atoms with Gasteiger partial charge in [-0.25, -0.2) is 0 Å². The molecule has 0 aliphatic rings. The quantitative estimate of drug-likeness (QED) is 0.411. The van der Waals surface area contributed by atoms with Crippen molar-refractivity contribution >= 4 is 12.2 Å². The van der Waals surface area contributed by atoms with E-state index in [1.54, 1.807) is 6.08 Å². The van der Waals surface area contributed by atoms with E-state index in [2.05, 4.69) is 23.7 Å². The van der Waals surface area contributed by atoms with Crippen molar-refractivity contribution < 1.29 is 5.11 Å². The SMILES string of the molecule is C=CCn1c(CC[C@@H](O)CCCCC)n[nH]c1=S. The maximum Gasteiger partial charge on any atom is 0.195 e. The largest absolute Gasteiger partial charge is 0.393 e. The van der Waals surface area contributed by atoms with Gasteiger partial charge in [0.05, 0.1) is 6.10 Å². The number of H-pyrrole nitrogens is 1. The van der Waals surface area contributed by atoms with Gasteiger partial charge in [-0.05, 0) is 25.1 Å². The summed E-state index contributed by atoms with van der Waals surface area (Å²) < 4.78 is 2.53. The maximum atomic E-state index is 9.87. The van der Waals surface area contributed by atoms with E-state index < -0.39 is 0 Å². The second kappa shape index (κ2) is 8.21. The highest BCUT2D eigenvalue weighted by Crippen LogP contribution is 2.10. The molecule has 1 atom stereocenters. The van der Waals surface area contributed by atoms with Crippen molar-refractivity contribution in [2.24, 2.45) is 0 Å². The molecule has 0 aliphatic heterocycles. The van der Waals surface area contributed by atoms with Crippen molar-refractivity contribution in [3.05, 3.63) is 23.3 Å². The molecule has 0 unspecified atom stereocenters. The number of hydrogen-bond acceptors (Lipinski definition) is 3. The van der Waals surface area contributed by atoms with E-state index in [0.29, 0.717) is 11.3 Å². The molecular formula is C13H23N3OS. The molecule has 0 bridgehead atoms. The molecule has 18 heavy (non-hydrogen) atoms. The number of unbranched alkanes of at least 4 members (excludes halogenated alkanes) is 2. The van der Waals surface area contributed by atoms with Crippen molar-refractivity contribution in [2.75, 3.05) is 0 Å². The topological polar surface area (TPSA) is 53.8 Å². The second-order valence-corrected chi connectivity index (χ2v) is 4.92. The standard InChI is InChI=1S/C13H23N3OS/c1-3-5-6-7-11(17)8-9-12-14-15-13(18)16(12)10-4-2/h4,11,17H,2-3,5-10H2,1H3,(H,15,18)/t11-/m0/s1. The summed E-state index contributed by atoms with van der Waals surface area (Å²) in [5, 5.41) is 16.8. The summed E-state index contributed by atoms with van der Waals surface area (Å²) in [6, 6.07) is 0. The molecule has 102 valence electrons. The van der Waals surface area contributed by atoms with Gasteiger partial charge in [0.2, 0.25) is 0 Å². The zero-order chi connectivity index (χ0) is 13.4. The van der Waals surface area contributed by atoms with E-state index in [4.69, 9.17) is 12.2 Å². The van der Waals surface area contributed by atoms with E-state index in [0.717, 1.165) is 31.5 Å². The number of hydrogen-bond donors (Lipinski definition) is 2. The third-order valence-electron chi connectivity index (χ3n) is 2.99. The van der Waals surface area contributed by atoms with Crippen LogP contribution in [0.5, 0.6) is 0 Å². The number of nitrogens with zero attached hydrogens (tertiary/aromatic N) is 2. The van der Waals surface area contributed by atoms with Crippen molar-refractivity contribution in [3.8, 4) is 0 Å². The van der Waals surface area contributed by atoms with Crippen molar-refractivity contribution in [2.45, 2.75) is 58.1 Å². The summed E-state index contributed by atoms with van der Waals surface area (Å²) in [7, 11) is 0. The van der Waals surface area contributed by atoms with E-state index >= 15 is 0 Å². The average Bonchev–Trinajstić information content (AvgIpc) is 2.69. The van der Waals surface area contributed by atoms with Crippen LogP contribution in [0.1, 0.15) is 44.9 Å². The molecule has 0 fully saturated rings. The van der Waals surface area contributed by atoms with Crippen molar-refractivity contribution in [1.29, 1.82) is 0 Å². The molecule has 0 radical (unpaired) electrons. The first kappa shape index (κ1) is 15.1. The number of nitrogens with one attached hydrogen (secondary N) is 1. The lowest BCUT2D eigenvalue weighted by Crippen LogP contribution is -2.11. The van der Waals surface area contributed by atoms with E-state index in [9.17, 15) is 5.11 Å². The Balaban J connectivity index is 2.43. The van der Waals surface area contributed by atoms with Crippen LogP contribution in [0.2, 0.25) is 0 Å². The lowest BCUT2D eigenvalue weighted by molar-refractivity contribution is 0.150. The molecule has 0 saturated heterocycles. The third kappa shape index (κ3) is 4.74. The third-order valence-corrected chi connectivity index (χ3v) is 3.30. The van der Waals surface area contributed by atoms with E-state index in [1.807, 2.05) is 4.57 Å². The summed E-state index contributed by atoms with van der Waals surface area (Å²) in [6.07, 6.45) is 7.38. The number of aliphatic hydroxyl groups excluding tert-OH is 1. The van der Waals surface area contributed by atoms with Gasteiger partial charge in [0.1, 0.15) is 5.82 Å². The lowest BCUT2D eigenvalue weighted by atomic mass is 10.1. The Morgan fingerprint density at radius 1 is 1.50 bits per heavy atom. The molecule has 0 saturated carbocycles. The fourth-order valence-electron chi connectivity index (χ4n) is 1.93. The molecule has 1 aromatic rings. The van der Waals surface area contributed by atoms with Crippen LogP contribution >= 0.6 is 12.2 Å². The highest BCUT2D eigenvalue weighted by atomic mass is 32.1. The van der Waals surface area contributed by atoms with Gasteiger partial charge >= 0.3 is 0 Å². The van der Waals surface area contributed by atoms with Crippen LogP contribution in [0.3, 0.4) is 0 Å². The minimum Gasteiger partial charge on any atom is -0.393 e. The predicted octanol–water partition coefficient (Wildman–Crippen LogP) is 3.00. The molecule has 0 spiro atoms. The molecule has 1 rings (SSSR count). The number of allylic oxidation sites excluding steroid dienone is 1. The van der Waals surface area contributed by atoms with Crippen molar-refractivity contribution in [1.82, 2.24) is 14.8 Å². The lowest BCUT2D eigenvalue weighted by Gasteiger charge is -2.10. The smallest absolute Gasteiger partial charge is 0.195 e. The Bertz CT molecular complexity index is 411. The molecule has 5 heteroatoms. The Morgan fingerprint density at radius 2 is 2.28 bits per heavy atom. The highest BCUT2D eigenvalue weighted by molar-refractivity contribution is 7.71. The molecule has 1 heterocycles. The van der Waals surface area contributed by atoms with Gasteiger partial charge in [0.25, 0.3) is 0 Å². The first-order chi connectivity index (χ1) is 8.69. The maximum absolute atomic E-state index is 9.87. The van der Waals surface area contributed by atoms with Gasteiger partial charge in [0.15, 0.2) is 4.77 Å². The minimum absolute atomic E-state index is 0.237. The Hall–Kier alpha value is -0.940. The summed E-state index contributed by atoms with van der Waals surface area (Å²) in [4.78, 5) is 0. The van der Waals surface area contributed by atoms with Crippen LogP contribution in [0.25, 0.3) is 0 Å². The number of aliphatic hydroxyl groups is 1. The fourth-order valence-corrected chi connectivity index (χ4v) is 2.15. The Kier molecular flexibility index (Phi) is 6.90. The zero-order valence-corrected chi connectivity index (χ0v) is 11.9. The summed E-state index contributed by atoms with van der Waals surface area (Å²) >= 11 is 5.14. The molecule has 4 nitrogen and oxygen atoms in total. The van der Waals surface area contributed by atoms with Crippen molar-refractivity contribution in [3.63, 3.8) is 0 Å². The zero-order valence-electron chi connectivity index (χ0n) is 11.1. The summed E-state index contributed by atoms with van der Waals surface area (Å²) in [6.45, 7) is 6.53. The van der Waals surface area contributed by atoms with Gasteiger partial charge < -0.3 is 9.67 Å². The van der Waals surface area contributed by atoms with E-state index in [-0.39, 0.29) is 6.10 Å². The monoisotopic (exact) mass is 269 g/mol. The minimum atomic E-state index is -0.237. The highest BCUT2D eigenvalue weighted by Gasteiger charge is 2.09. The van der Waals surface area contributed by atoms with Gasteiger partial charge in [0, 0.05) is 13.0 Å². The number of rotatable bonds is 9. The second-order valence-electron chi connectivity index (χ2n) is 4.53. The van der Waals surface area contributed by atoms with Gasteiger partial charge in [-0.2, -0.15) is 5.10 Å². The molecule has 1 aromatic heterocycles. The summed E-state index contributed by atoms with van der Waals surface area (Å²) in [5.41, 5.74) is 0. The number of aromatic nitrogens is 3. The van der Waals surface area contributed by atoms with Crippen LogP contribution < -0.4 is 0 Å². The number of aryl methyl sites for hydroxylation is 1. The molecule has 0 aliphatic carbocycles. The molecule has 0 amide bonds. The normalized spacial score (nSPS) is 12.6. The Morgan fingerprint density at radius 3 is 2.94 bits per heavy atom. The van der Waals surface area contributed by atoms with Crippen LogP contribution in [-0.4, -0.2) is 26.0 Å². The molecular weight excluding hydrogens is 246 g/mol. The summed E-state index contributed by atoms with van der Waals surface area (Å²) in [5.74, 6) is 0.898. The molecule has 0 aromatic carbocycles. The van der Waals surface area contributed by atoms with Crippen LogP contribution in [0.15, 0.2) is 12.7 Å². The number of aromatic amines is 1. The van der Waals surface area contributed by atoms with Crippen LogP contribution in [-0.2, 0) is 13.0 Å². The predicted molar refractivity (Wildman–Crippen MR) is 76.1 cm³/mol. The average molecular weight is 269 g/mol. The van der Waals surface area contributed by atoms with E-state index in [1.165, 1.54) is 12.8 Å². The fraction of sp³-hybridized carbons (Fsp3) is 0.692. The van der Waals surface area contributed by atoms with Gasteiger partial charge in [-0.3, -0.25) is 5.10 Å². The van der Waals surface area contributed by atoms with Crippen LogP contribution in [0, 0.1) is 4.77 Å².